The molecule has 0 aromatic heterocycles. The van der Waals surface area contributed by atoms with Gasteiger partial charge in [-0.1, -0.05) is 72.8 Å². The van der Waals surface area contributed by atoms with Gasteiger partial charge in [0.05, 0.1) is 5.69 Å². The Balaban J connectivity index is 0.00000417. The summed E-state index contributed by atoms with van der Waals surface area (Å²) in [6, 6.07) is 29.4. The van der Waals surface area contributed by atoms with Crippen molar-refractivity contribution in [3.8, 4) is 11.1 Å². The summed E-state index contributed by atoms with van der Waals surface area (Å²) in [5, 5.41) is 6.05. The van der Waals surface area contributed by atoms with Crippen molar-refractivity contribution in [3.05, 3.63) is 126 Å². The molecule has 46 heavy (non-hydrogen) atoms. The zero-order valence-electron chi connectivity index (χ0n) is 24.9. The number of hydrogen-bond donors (Lipinski definition) is 2. The summed E-state index contributed by atoms with van der Waals surface area (Å²) >= 11 is 0. The van der Waals surface area contributed by atoms with Crippen LogP contribution in [-0.4, -0.2) is 61.3 Å². The summed E-state index contributed by atoms with van der Waals surface area (Å²) in [6.45, 7) is 1.75. The van der Waals surface area contributed by atoms with Crippen molar-refractivity contribution >= 4 is 47.1 Å². The Kier molecular flexibility index (Phi) is 9.94. The van der Waals surface area contributed by atoms with Crippen LogP contribution in [0.2, 0.25) is 0 Å². The van der Waals surface area contributed by atoms with Gasteiger partial charge in [0, 0.05) is 78.7 Å². The molecular weight excluding hydrogens is 610 g/mol. The van der Waals surface area contributed by atoms with Crippen LogP contribution in [0.3, 0.4) is 0 Å². The zero-order valence-corrected chi connectivity index (χ0v) is 25.7. The number of hydrogen-bond acceptors (Lipinski definition) is 4. The van der Waals surface area contributed by atoms with Crippen LogP contribution in [0.15, 0.2) is 109 Å². The highest BCUT2D eigenvalue weighted by atomic mass is 35.5. The zero-order chi connectivity index (χ0) is 31.4. The smallest absolute Gasteiger partial charge is 0.275 e. The molecular formula is C36H33ClF2N4O3. The molecule has 1 saturated heterocycles. The maximum Gasteiger partial charge on any atom is 0.275 e. The first kappa shape index (κ1) is 32.5. The summed E-state index contributed by atoms with van der Waals surface area (Å²) in [5.41, 5.74) is 2.09. The number of carbonyl (C=O) groups excluding carboxylic acids is 3. The molecule has 2 aliphatic rings. The van der Waals surface area contributed by atoms with Crippen LogP contribution in [0.25, 0.3) is 16.7 Å². The number of nitrogens with zero attached hydrogens (tertiary/aromatic N) is 2. The van der Waals surface area contributed by atoms with E-state index in [2.05, 4.69) is 10.6 Å². The highest BCUT2D eigenvalue weighted by Gasteiger charge is 2.42. The van der Waals surface area contributed by atoms with E-state index in [0.29, 0.717) is 43.0 Å². The van der Waals surface area contributed by atoms with Gasteiger partial charge in [0.25, 0.3) is 17.7 Å². The largest absolute Gasteiger partial charge is 0.337 e. The van der Waals surface area contributed by atoms with Crippen molar-refractivity contribution in [2.24, 2.45) is 0 Å². The van der Waals surface area contributed by atoms with Gasteiger partial charge in [0.15, 0.2) is 0 Å². The van der Waals surface area contributed by atoms with E-state index in [1.54, 1.807) is 77.7 Å². The fourth-order valence-corrected chi connectivity index (χ4v) is 5.84. The minimum atomic E-state index is -3.37. The third kappa shape index (κ3) is 6.71. The molecule has 10 heteroatoms. The predicted octanol–water partition coefficient (Wildman–Crippen LogP) is 6.53. The molecule has 0 aliphatic carbocycles. The quantitative estimate of drug-likeness (QED) is 0.243. The van der Waals surface area contributed by atoms with Gasteiger partial charge < -0.3 is 20.4 Å². The van der Waals surface area contributed by atoms with E-state index in [-0.39, 0.29) is 41.3 Å². The second kappa shape index (κ2) is 14.1. The SMILES string of the molecule is Cl.O=C(Nc1ccccc1)c1cccc(C(=O)N2CCC(F)(F)C(=CC(=O)N3CCNCC3)c3ccccc32)c1-c1ccccc1. The van der Waals surface area contributed by atoms with E-state index < -0.39 is 35.6 Å². The number of piperazine rings is 1. The molecule has 2 heterocycles. The number of alkyl halides is 2. The number of benzene rings is 4. The minimum Gasteiger partial charge on any atom is -0.337 e. The topological polar surface area (TPSA) is 81.8 Å². The van der Waals surface area contributed by atoms with Gasteiger partial charge in [0.1, 0.15) is 0 Å². The van der Waals surface area contributed by atoms with Crippen molar-refractivity contribution in [2.75, 3.05) is 42.9 Å². The Morgan fingerprint density at radius 2 is 1.39 bits per heavy atom. The van der Waals surface area contributed by atoms with Crippen LogP contribution in [0.1, 0.15) is 32.7 Å². The van der Waals surface area contributed by atoms with E-state index in [0.717, 1.165) is 6.08 Å². The van der Waals surface area contributed by atoms with E-state index in [9.17, 15) is 14.4 Å². The molecule has 4 aromatic carbocycles. The molecule has 0 spiro atoms. The first-order valence-electron chi connectivity index (χ1n) is 14.9. The van der Waals surface area contributed by atoms with Crippen LogP contribution in [0.4, 0.5) is 20.2 Å². The van der Waals surface area contributed by atoms with Crippen LogP contribution in [0.5, 0.6) is 0 Å². The molecule has 4 aromatic rings. The summed E-state index contributed by atoms with van der Waals surface area (Å²) in [5.74, 6) is -4.78. The van der Waals surface area contributed by atoms with Crippen LogP contribution < -0.4 is 15.5 Å². The molecule has 1 fully saturated rings. The van der Waals surface area contributed by atoms with Gasteiger partial charge in [-0.05, 0) is 35.9 Å². The molecule has 3 amide bonds. The monoisotopic (exact) mass is 642 g/mol. The molecule has 0 unspecified atom stereocenters. The number of nitrogens with one attached hydrogen (secondary N) is 2. The Bertz CT molecular complexity index is 1760. The lowest BCUT2D eigenvalue weighted by molar-refractivity contribution is -0.126. The van der Waals surface area contributed by atoms with Crippen molar-refractivity contribution in [2.45, 2.75) is 12.3 Å². The lowest BCUT2D eigenvalue weighted by Gasteiger charge is -2.27. The normalized spacial score (nSPS) is 16.5. The molecule has 236 valence electrons. The third-order valence-corrected chi connectivity index (χ3v) is 8.10. The van der Waals surface area contributed by atoms with Crippen molar-refractivity contribution in [1.82, 2.24) is 10.2 Å². The molecule has 0 atom stereocenters. The van der Waals surface area contributed by atoms with Crippen molar-refractivity contribution < 1.29 is 23.2 Å². The number of allylic oxidation sites excluding steroid dienone is 1. The number of amides is 3. The van der Waals surface area contributed by atoms with Crippen LogP contribution >= 0.6 is 12.4 Å². The number of rotatable bonds is 5. The van der Waals surface area contributed by atoms with E-state index in [1.807, 2.05) is 24.3 Å². The maximum atomic E-state index is 15.9. The molecule has 2 N–H and O–H groups in total. The van der Waals surface area contributed by atoms with Crippen molar-refractivity contribution in [3.63, 3.8) is 0 Å². The van der Waals surface area contributed by atoms with Crippen LogP contribution in [0, 0.1) is 0 Å². The average Bonchev–Trinajstić information content (AvgIpc) is 3.18. The average molecular weight is 643 g/mol. The summed E-state index contributed by atoms with van der Waals surface area (Å²) < 4.78 is 31.7. The standard InChI is InChI=1S/C36H32F2N4O3.ClH/c37-36(38)18-21-42(31-17-8-7-14-27(31)30(36)24-32(43)41-22-19-39-20-23-41)35(45)29-16-9-15-28(33(29)25-10-3-1-4-11-25)34(44)40-26-12-5-2-6-13-26;/h1-17,24,39H,18-23H2,(H,40,44);1H. The summed E-state index contributed by atoms with van der Waals surface area (Å²) in [4.78, 5) is 44.1. The lowest BCUT2D eigenvalue weighted by atomic mass is 9.92. The van der Waals surface area contributed by atoms with Gasteiger partial charge in [-0.15, -0.1) is 12.4 Å². The minimum absolute atomic E-state index is 0. The Morgan fingerprint density at radius 3 is 2.11 bits per heavy atom. The number of fused-ring (bicyclic) bond motifs is 1. The number of halogens is 3. The first-order chi connectivity index (χ1) is 21.8. The molecule has 0 radical (unpaired) electrons. The van der Waals surface area contributed by atoms with Crippen molar-refractivity contribution in [1.29, 1.82) is 0 Å². The number of carbonyl (C=O) groups is 3. The van der Waals surface area contributed by atoms with Gasteiger partial charge >= 0.3 is 0 Å². The Morgan fingerprint density at radius 1 is 0.761 bits per heavy atom. The Hall–Kier alpha value is -4.86. The van der Waals surface area contributed by atoms with Crippen LogP contribution in [-0.2, 0) is 4.79 Å². The molecule has 0 saturated carbocycles. The molecule has 7 nitrogen and oxygen atoms in total. The van der Waals surface area contributed by atoms with E-state index >= 15 is 8.78 Å². The number of para-hydroxylation sites is 2. The second-order valence-corrected chi connectivity index (χ2v) is 11.0. The summed E-state index contributed by atoms with van der Waals surface area (Å²) in [6.07, 6.45) is 0.352. The highest BCUT2D eigenvalue weighted by Crippen LogP contribution is 2.44. The van der Waals surface area contributed by atoms with E-state index in [4.69, 9.17) is 0 Å². The lowest BCUT2D eigenvalue weighted by Crippen LogP contribution is -2.46. The highest BCUT2D eigenvalue weighted by molar-refractivity contribution is 6.17. The van der Waals surface area contributed by atoms with E-state index in [1.165, 1.54) is 11.0 Å². The first-order valence-corrected chi connectivity index (χ1v) is 14.9. The third-order valence-electron chi connectivity index (χ3n) is 8.10. The van der Waals surface area contributed by atoms with Gasteiger partial charge in [-0.2, -0.15) is 0 Å². The van der Waals surface area contributed by atoms with Gasteiger partial charge in [-0.25, -0.2) is 8.78 Å². The fraction of sp³-hybridized carbons (Fsp3) is 0.194. The Labute approximate surface area is 272 Å². The molecule has 6 rings (SSSR count). The van der Waals surface area contributed by atoms with Gasteiger partial charge in [0.2, 0.25) is 5.91 Å². The fourth-order valence-electron chi connectivity index (χ4n) is 5.84. The number of anilines is 2. The second-order valence-electron chi connectivity index (χ2n) is 11.0. The maximum absolute atomic E-state index is 15.9. The molecule has 0 bridgehead atoms. The predicted molar refractivity (Wildman–Crippen MR) is 179 cm³/mol. The van der Waals surface area contributed by atoms with Gasteiger partial charge in [-0.3, -0.25) is 14.4 Å². The molecule has 2 aliphatic heterocycles. The summed E-state index contributed by atoms with van der Waals surface area (Å²) in [7, 11) is 0.